The highest BCUT2D eigenvalue weighted by molar-refractivity contribution is 5.92. The molecular weight excluding hydrogens is 389 g/mol. The second-order valence-corrected chi connectivity index (χ2v) is 7.19. The van der Waals surface area contributed by atoms with Gasteiger partial charge < -0.3 is 10.2 Å². The molecule has 0 saturated heterocycles. The van der Waals surface area contributed by atoms with Crippen LogP contribution in [0, 0.1) is 12.7 Å². The fourth-order valence-electron chi connectivity index (χ4n) is 3.43. The van der Waals surface area contributed by atoms with Crippen molar-refractivity contribution in [3.63, 3.8) is 0 Å². The molecule has 2 aromatic carbocycles. The molecule has 0 atom stereocenters. The van der Waals surface area contributed by atoms with Crippen LogP contribution in [-0.4, -0.2) is 37.6 Å². The molecule has 0 saturated carbocycles. The molecule has 0 spiro atoms. The highest BCUT2D eigenvalue weighted by Crippen LogP contribution is 2.14. The van der Waals surface area contributed by atoms with Crippen LogP contribution in [0.2, 0.25) is 0 Å². The monoisotopic (exact) mass is 409 g/mol. The number of hydrogen-bond acceptors (Lipinski definition) is 4. The van der Waals surface area contributed by atoms with Gasteiger partial charge in [0, 0.05) is 25.3 Å². The Morgan fingerprint density at radius 2 is 1.93 bits per heavy atom. The summed E-state index contributed by atoms with van der Waals surface area (Å²) in [4.78, 5) is 39.2. The van der Waals surface area contributed by atoms with E-state index in [1.54, 1.807) is 18.2 Å². The minimum atomic E-state index is -0.511. The van der Waals surface area contributed by atoms with Crippen molar-refractivity contribution >= 4 is 17.5 Å². The first kappa shape index (κ1) is 19.6. The molecule has 4 rings (SSSR count). The number of aryl methyl sites for hydroxylation is 1. The van der Waals surface area contributed by atoms with Crippen LogP contribution >= 0.6 is 0 Å². The second-order valence-electron chi connectivity index (χ2n) is 7.19. The molecule has 8 nitrogen and oxygen atoms in total. The topological polar surface area (TPSA) is 89.2 Å². The van der Waals surface area contributed by atoms with Gasteiger partial charge in [0.1, 0.15) is 12.4 Å². The molecule has 2 heterocycles. The molecule has 3 aromatic rings. The van der Waals surface area contributed by atoms with Crippen molar-refractivity contribution in [2.75, 3.05) is 11.9 Å². The zero-order valence-corrected chi connectivity index (χ0v) is 16.3. The van der Waals surface area contributed by atoms with E-state index in [2.05, 4.69) is 10.4 Å². The molecule has 1 aromatic heterocycles. The standard InChI is InChI=1S/C21H20FN5O3/c1-14-4-2-7-17(10-14)23-18(28)13-27-21(30)26-9-8-25(20(29)19(26)24-27)12-15-5-3-6-16(22)11-15/h2-7,10-11H,8-9,12-13H2,1H3,(H,23,28). The fourth-order valence-corrected chi connectivity index (χ4v) is 3.43. The molecular formula is C21H20FN5O3. The number of fused-ring (bicyclic) bond motifs is 1. The van der Waals surface area contributed by atoms with Gasteiger partial charge >= 0.3 is 5.69 Å². The Bertz CT molecular complexity index is 1180. The van der Waals surface area contributed by atoms with Gasteiger partial charge in [-0.1, -0.05) is 24.3 Å². The summed E-state index contributed by atoms with van der Waals surface area (Å²) in [6, 6.07) is 13.3. The van der Waals surface area contributed by atoms with Crippen LogP contribution in [-0.2, 0) is 24.4 Å². The number of nitrogens with one attached hydrogen (secondary N) is 1. The van der Waals surface area contributed by atoms with Crippen LogP contribution < -0.4 is 11.0 Å². The number of halogens is 1. The molecule has 154 valence electrons. The number of carbonyl (C=O) groups is 2. The summed E-state index contributed by atoms with van der Waals surface area (Å²) in [6.45, 7) is 2.37. The van der Waals surface area contributed by atoms with Crippen LogP contribution in [0.1, 0.15) is 21.7 Å². The minimum absolute atomic E-state index is 0.0222. The molecule has 0 unspecified atom stereocenters. The Morgan fingerprint density at radius 1 is 1.13 bits per heavy atom. The van der Waals surface area contributed by atoms with Crippen LogP contribution in [0.3, 0.4) is 0 Å². The average molecular weight is 409 g/mol. The van der Waals surface area contributed by atoms with Gasteiger partial charge in [-0.3, -0.25) is 14.2 Å². The maximum Gasteiger partial charge on any atom is 0.346 e. The number of carbonyl (C=O) groups excluding carboxylic acids is 2. The third-order valence-electron chi connectivity index (χ3n) is 4.85. The van der Waals surface area contributed by atoms with E-state index in [0.717, 1.165) is 10.2 Å². The highest BCUT2D eigenvalue weighted by Gasteiger charge is 2.30. The van der Waals surface area contributed by atoms with Gasteiger partial charge in [0.15, 0.2) is 0 Å². The van der Waals surface area contributed by atoms with Crippen molar-refractivity contribution in [1.82, 2.24) is 19.2 Å². The molecule has 1 N–H and O–H groups in total. The number of hydrogen-bond donors (Lipinski definition) is 1. The molecule has 0 aliphatic carbocycles. The predicted octanol–water partition coefficient (Wildman–Crippen LogP) is 1.79. The number of amides is 2. The van der Waals surface area contributed by atoms with E-state index in [1.165, 1.54) is 21.6 Å². The van der Waals surface area contributed by atoms with E-state index >= 15 is 0 Å². The molecule has 2 amide bonds. The van der Waals surface area contributed by atoms with Gasteiger partial charge in [-0.2, -0.15) is 0 Å². The van der Waals surface area contributed by atoms with Crippen LogP contribution in [0.5, 0.6) is 0 Å². The molecule has 0 radical (unpaired) electrons. The van der Waals surface area contributed by atoms with Crippen molar-refractivity contribution in [2.24, 2.45) is 0 Å². The summed E-state index contributed by atoms with van der Waals surface area (Å²) in [6.07, 6.45) is 0. The van der Waals surface area contributed by atoms with E-state index in [4.69, 9.17) is 0 Å². The fraction of sp³-hybridized carbons (Fsp3) is 0.238. The summed E-state index contributed by atoms with van der Waals surface area (Å²) in [5.41, 5.74) is 1.75. The molecule has 1 aliphatic heterocycles. The summed E-state index contributed by atoms with van der Waals surface area (Å²) >= 11 is 0. The highest BCUT2D eigenvalue weighted by atomic mass is 19.1. The van der Waals surface area contributed by atoms with E-state index in [1.807, 2.05) is 25.1 Å². The molecule has 0 bridgehead atoms. The lowest BCUT2D eigenvalue weighted by molar-refractivity contribution is -0.117. The maximum atomic E-state index is 13.4. The number of rotatable bonds is 5. The number of nitrogens with zero attached hydrogens (tertiary/aromatic N) is 4. The van der Waals surface area contributed by atoms with E-state index in [-0.39, 0.29) is 31.3 Å². The number of aromatic nitrogens is 3. The Labute approximate surface area is 171 Å². The third-order valence-corrected chi connectivity index (χ3v) is 4.85. The number of anilines is 1. The first-order valence-corrected chi connectivity index (χ1v) is 9.48. The quantitative estimate of drug-likeness (QED) is 0.696. The summed E-state index contributed by atoms with van der Waals surface area (Å²) in [5, 5.41) is 6.80. The van der Waals surface area contributed by atoms with Crippen molar-refractivity contribution in [3.8, 4) is 0 Å². The molecule has 1 aliphatic rings. The van der Waals surface area contributed by atoms with Crippen molar-refractivity contribution < 1.29 is 14.0 Å². The largest absolute Gasteiger partial charge is 0.346 e. The van der Waals surface area contributed by atoms with Gasteiger partial charge in [-0.05, 0) is 42.3 Å². The van der Waals surface area contributed by atoms with Gasteiger partial charge in [0.25, 0.3) is 5.91 Å². The number of benzene rings is 2. The maximum absolute atomic E-state index is 13.4. The lowest BCUT2D eigenvalue weighted by atomic mass is 10.2. The summed E-state index contributed by atoms with van der Waals surface area (Å²) < 4.78 is 15.7. The van der Waals surface area contributed by atoms with Crippen LogP contribution in [0.25, 0.3) is 0 Å². The lowest BCUT2D eigenvalue weighted by Gasteiger charge is -2.26. The van der Waals surface area contributed by atoms with E-state index in [9.17, 15) is 18.8 Å². The average Bonchev–Trinajstić information content (AvgIpc) is 3.00. The van der Waals surface area contributed by atoms with Gasteiger partial charge in [0.2, 0.25) is 11.7 Å². The molecule has 0 fully saturated rings. The Morgan fingerprint density at radius 3 is 2.70 bits per heavy atom. The summed E-state index contributed by atoms with van der Waals surface area (Å²) in [7, 11) is 0. The minimum Gasteiger partial charge on any atom is -0.330 e. The summed E-state index contributed by atoms with van der Waals surface area (Å²) in [5.74, 6) is -1.24. The molecule has 30 heavy (non-hydrogen) atoms. The smallest absolute Gasteiger partial charge is 0.330 e. The van der Waals surface area contributed by atoms with Gasteiger partial charge in [0.05, 0.1) is 0 Å². The van der Waals surface area contributed by atoms with Crippen molar-refractivity contribution in [2.45, 2.75) is 26.6 Å². The first-order chi connectivity index (χ1) is 14.4. The normalized spacial score (nSPS) is 13.3. The predicted molar refractivity (Wildman–Crippen MR) is 107 cm³/mol. The molecule has 9 heteroatoms. The SMILES string of the molecule is Cc1cccc(NC(=O)Cn2nc3n(c2=O)CCN(Cc2cccc(F)c2)C3=O)c1. The Balaban J connectivity index is 1.49. The third kappa shape index (κ3) is 4.00. The van der Waals surface area contributed by atoms with E-state index in [0.29, 0.717) is 17.8 Å². The Hall–Kier alpha value is -3.75. The van der Waals surface area contributed by atoms with Gasteiger partial charge in [-0.25, -0.2) is 13.9 Å². The van der Waals surface area contributed by atoms with Crippen LogP contribution in [0.4, 0.5) is 10.1 Å². The van der Waals surface area contributed by atoms with Crippen LogP contribution in [0.15, 0.2) is 53.3 Å². The van der Waals surface area contributed by atoms with E-state index < -0.39 is 17.5 Å². The second kappa shape index (κ2) is 7.94. The first-order valence-electron chi connectivity index (χ1n) is 9.48. The van der Waals surface area contributed by atoms with Gasteiger partial charge in [-0.15, -0.1) is 5.10 Å². The zero-order valence-electron chi connectivity index (χ0n) is 16.3. The Kier molecular flexibility index (Phi) is 5.18. The van der Waals surface area contributed by atoms with Crippen molar-refractivity contribution in [1.29, 1.82) is 0 Å². The zero-order chi connectivity index (χ0) is 21.3. The van der Waals surface area contributed by atoms with Crippen molar-refractivity contribution in [3.05, 3.63) is 81.8 Å². The lowest BCUT2D eigenvalue weighted by Crippen LogP contribution is -2.42.